The number of hydrogen-bond acceptors (Lipinski definition) is 2. The van der Waals surface area contributed by atoms with Gasteiger partial charge in [0.15, 0.2) is 0 Å². The van der Waals surface area contributed by atoms with Gasteiger partial charge in [0.05, 0.1) is 0 Å². The summed E-state index contributed by atoms with van der Waals surface area (Å²) >= 11 is 0. The molecule has 0 unspecified atom stereocenters. The molecule has 0 aromatic rings. The van der Waals surface area contributed by atoms with Crippen LogP contribution in [0.25, 0.3) is 0 Å². The van der Waals surface area contributed by atoms with Gasteiger partial charge in [0, 0.05) is 13.1 Å². The van der Waals surface area contributed by atoms with Crippen LogP contribution in [-0.4, -0.2) is 29.7 Å². The fraction of sp³-hybridized carbons (Fsp3) is 0.917. The first-order valence-electron chi connectivity index (χ1n) is 6.18. The largest absolute Gasteiger partial charge is 0.443 e. The molecule has 0 bridgehead atoms. The molecule has 0 aromatic carbocycles. The van der Waals surface area contributed by atoms with E-state index in [2.05, 4.69) is 6.92 Å². The minimum atomic E-state index is -0.172. The molecule has 0 spiro atoms. The molecule has 1 aliphatic carbocycles. The third kappa shape index (κ3) is 2.64. The van der Waals surface area contributed by atoms with E-state index in [1.165, 1.54) is 19.3 Å². The number of piperidine rings is 1. The number of rotatable bonds is 1. The summed E-state index contributed by atoms with van der Waals surface area (Å²) < 4.78 is 5.63. The molecule has 0 atom stereocenters. The van der Waals surface area contributed by atoms with Crippen LogP contribution < -0.4 is 0 Å². The van der Waals surface area contributed by atoms with Gasteiger partial charge in [-0.1, -0.05) is 0 Å². The number of carbonyl (C=O) groups is 1. The van der Waals surface area contributed by atoms with Crippen LogP contribution in [0.15, 0.2) is 0 Å². The second-order valence-corrected chi connectivity index (χ2v) is 5.07. The van der Waals surface area contributed by atoms with Crippen LogP contribution in [0.1, 0.15) is 51.9 Å². The molecular weight excluding hydrogens is 190 g/mol. The summed E-state index contributed by atoms with van der Waals surface area (Å²) in [4.78, 5) is 13.7. The molecule has 1 saturated carbocycles. The molecule has 15 heavy (non-hydrogen) atoms. The zero-order chi connectivity index (χ0) is 10.7. The fourth-order valence-corrected chi connectivity index (χ4v) is 2.58. The highest BCUT2D eigenvalue weighted by Crippen LogP contribution is 2.33. The van der Waals surface area contributed by atoms with Crippen LogP contribution >= 0.6 is 0 Å². The van der Waals surface area contributed by atoms with Crippen molar-refractivity contribution in [3.05, 3.63) is 0 Å². The van der Waals surface area contributed by atoms with Gasteiger partial charge < -0.3 is 9.64 Å². The smallest absolute Gasteiger partial charge is 0.410 e. The van der Waals surface area contributed by atoms with Crippen LogP contribution in [0.5, 0.6) is 0 Å². The topological polar surface area (TPSA) is 29.5 Å². The molecule has 1 amide bonds. The van der Waals surface area contributed by atoms with Crippen LogP contribution in [0.4, 0.5) is 4.79 Å². The molecule has 3 nitrogen and oxygen atoms in total. The van der Waals surface area contributed by atoms with E-state index in [1.807, 2.05) is 4.90 Å². The Balaban J connectivity index is 1.85. The monoisotopic (exact) mass is 211 g/mol. The van der Waals surface area contributed by atoms with Crippen LogP contribution in [-0.2, 0) is 4.74 Å². The van der Waals surface area contributed by atoms with E-state index in [9.17, 15) is 4.79 Å². The van der Waals surface area contributed by atoms with Gasteiger partial charge in [-0.15, -0.1) is 0 Å². The average Bonchev–Trinajstić information content (AvgIpc) is 2.66. The lowest BCUT2D eigenvalue weighted by atomic mass is 10.1. The summed E-state index contributed by atoms with van der Waals surface area (Å²) in [6.45, 7) is 3.84. The molecular formula is C12H21NO2. The van der Waals surface area contributed by atoms with Gasteiger partial charge in [0.2, 0.25) is 0 Å². The Morgan fingerprint density at radius 1 is 1.07 bits per heavy atom. The Kier molecular flexibility index (Phi) is 3.17. The van der Waals surface area contributed by atoms with Crippen LogP contribution in [0.3, 0.4) is 0 Å². The van der Waals surface area contributed by atoms with E-state index >= 15 is 0 Å². The Morgan fingerprint density at radius 2 is 1.67 bits per heavy atom. The first kappa shape index (κ1) is 10.8. The molecule has 86 valence electrons. The summed E-state index contributed by atoms with van der Waals surface area (Å²) in [5.41, 5.74) is -0.172. The minimum Gasteiger partial charge on any atom is -0.443 e. The molecule has 1 saturated heterocycles. The van der Waals surface area contributed by atoms with Gasteiger partial charge in [0.25, 0.3) is 0 Å². The molecule has 0 N–H and O–H groups in total. The third-order valence-electron chi connectivity index (χ3n) is 3.61. The first-order chi connectivity index (χ1) is 7.20. The molecule has 2 fully saturated rings. The number of amides is 1. The number of hydrogen-bond donors (Lipinski definition) is 0. The summed E-state index contributed by atoms with van der Waals surface area (Å²) in [5, 5.41) is 0. The van der Waals surface area contributed by atoms with Gasteiger partial charge in [-0.25, -0.2) is 4.79 Å². The predicted octanol–water partition coefficient (Wildman–Crippen LogP) is 2.94. The molecule has 2 aliphatic rings. The predicted molar refractivity (Wildman–Crippen MR) is 58.8 cm³/mol. The van der Waals surface area contributed by atoms with E-state index in [4.69, 9.17) is 4.74 Å². The Labute approximate surface area is 91.8 Å². The number of nitrogens with zero attached hydrogens (tertiary/aromatic N) is 1. The maximum Gasteiger partial charge on any atom is 0.410 e. The van der Waals surface area contributed by atoms with Crippen molar-refractivity contribution >= 4 is 6.09 Å². The van der Waals surface area contributed by atoms with Gasteiger partial charge >= 0.3 is 6.09 Å². The average molecular weight is 211 g/mol. The van der Waals surface area contributed by atoms with Crippen molar-refractivity contribution in [3.8, 4) is 0 Å². The van der Waals surface area contributed by atoms with Crippen molar-refractivity contribution in [3.63, 3.8) is 0 Å². The van der Waals surface area contributed by atoms with E-state index in [0.29, 0.717) is 0 Å². The summed E-state index contributed by atoms with van der Waals surface area (Å²) in [6.07, 6.45) is 7.89. The maximum absolute atomic E-state index is 11.9. The fourth-order valence-electron chi connectivity index (χ4n) is 2.58. The van der Waals surface area contributed by atoms with Crippen molar-refractivity contribution in [2.45, 2.75) is 57.5 Å². The zero-order valence-corrected chi connectivity index (χ0v) is 9.63. The van der Waals surface area contributed by atoms with E-state index in [-0.39, 0.29) is 11.7 Å². The second kappa shape index (κ2) is 4.42. The van der Waals surface area contributed by atoms with Crippen molar-refractivity contribution in [1.82, 2.24) is 4.90 Å². The SMILES string of the molecule is CC1(OC(=O)N2CCCCC2)CCCC1. The summed E-state index contributed by atoms with van der Waals surface area (Å²) in [5.74, 6) is 0. The lowest BCUT2D eigenvalue weighted by molar-refractivity contribution is 0.00357. The van der Waals surface area contributed by atoms with Crippen molar-refractivity contribution in [2.75, 3.05) is 13.1 Å². The van der Waals surface area contributed by atoms with Crippen LogP contribution in [0, 0.1) is 0 Å². The summed E-state index contributed by atoms with van der Waals surface area (Å²) in [6, 6.07) is 0. The Hall–Kier alpha value is -0.730. The normalized spacial score (nSPS) is 25.3. The van der Waals surface area contributed by atoms with Gasteiger partial charge in [0.1, 0.15) is 5.60 Å². The van der Waals surface area contributed by atoms with E-state index in [0.717, 1.165) is 38.8 Å². The van der Waals surface area contributed by atoms with Gasteiger partial charge in [-0.2, -0.15) is 0 Å². The molecule has 1 aliphatic heterocycles. The van der Waals surface area contributed by atoms with Gasteiger partial charge in [-0.3, -0.25) is 0 Å². The quantitative estimate of drug-likeness (QED) is 0.667. The Bertz CT molecular complexity index is 228. The molecule has 0 aromatic heterocycles. The van der Waals surface area contributed by atoms with Gasteiger partial charge in [-0.05, 0) is 51.9 Å². The Morgan fingerprint density at radius 3 is 2.27 bits per heavy atom. The highest BCUT2D eigenvalue weighted by Gasteiger charge is 2.34. The lowest BCUT2D eigenvalue weighted by Gasteiger charge is -2.31. The van der Waals surface area contributed by atoms with Crippen LogP contribution in [0.2, 0.25) is 0 Å². The van der Waals surface area contributed by atoms with E-state index < -0.39 is 0 Å². The summed E-state index contributed by atoms with van der Waals surface area (Å²) in [7, 11) is 0. The highest BCUT2D eigenvalue weighted by molar-refractivity contribution is 5.68. The first-order valence-corrected chi connectivity index (χ1v) is 6.18. The second-order valence-electron chi connectivity index (χ2n) is 5.07. The molecule has 1 heterocycles. The zero-order valence-electron chi connectivity index (χ0n) is 9.63. The number of likely N-dealkylation sites (tertiary alicyclic amines) is 1. The van der Waals surface area contributed by atoms with E-state index in [1.54, 1.807) is 0 Å². The molecule has 2 rings (SSSR count). The number of ether oxygens (including phenoxy) is 1. The van der Waals surface area contributed by atoms with Crippen molar-refractivity contribution in [1.29, 1.82) is 0 Å². The minimum absolute atomic E-state index is 0.0842. The third-order valence-corrected chi connectivity index (χ3v) is 3.61. The highest BCUT2D eigenvalue weighted by atomic mass is 16.6. The van der Waals surface area contributed by atoms with Crippen molar-refractivity contribution in [2.24, 2.45) is 0 Å². The standard InChI is InChI=1S/C12H21NO2/c1-12(7-3-4-8-12)15-11(14)13-9-5-2-6-10-13/h2-10H2,1H3. The molecule has 0 radical (unpaired) electrons. The van der Waals surface area contributed by atoms with Crippen molar-refractivity contribution < 1.29 is 9.53 Å². The maximum atomic E-state index is 11.9. The number of carbonyl (C=O) groups excluding carboxylic acids is 1. The molecule has 3 heteroatoms. The lowest BCUT2D eigenvalue weighted by Crippen LogP contribution is -2.40.